The predicted octanol–water partition coefficient (Wildman–Crippen LogP) is 2.85. The van der Waals surface area contributed by atoms with Gasteiger partial charge < -0.3 is 16.4 Å². The highest BCUT2D eigenvalue weighted by molar-refractivity contribution is 6.05. The van der Waals surface area contributed by atoms with Gasteiger partial charge in [0.2, 0.25) is 0 Å². The van der Waals surface area contributed by atoms with Crippen molar-refractivity contribution in [2.75, 3.05) is 11.1 Å². The number of amides is 2. The second-order valence-corrected chi connectivity index (χ2v) is 5.64. The average Bonchev–Trinajstić information content (AvgIpc) is 2.69. The van der Waals surface area contributed by atoms with E-state index in [0.717, 1.165) is 5.56 Å². The molecule has 0 saturated heterocycles. The fourth-order valence-electron chi connectivity index (χ4n) is 2.35. The largest absolute Gasteiger partial charge is 0.397 e. The minimum atomic E-state index is -0.244. The highest BCUT2D eigenvalue weighted by atomic mass is 16.2. The van der Waals surface area contributed by atoms with Crippen molar-refractivity contribution in [3.05, 3.63) is 89.7 Å². The third kappa shape index (κ3) is 4.24. The normalized spacial score (nSPS) is 10.2. The quantitative estimate of drug-likeness (QED) is 0.619. The number of carbonyl (C=O) groups excluding carboxylic acids is 2. The SMILES string of the molecule is Nc1ccccc1NC(=O)c1ccc(CNC(=O)c2ccccn2)cc1. The lowest BCUT2D eigenvalue weighted by Crippen LogP contribution is -2.23. The zero-order chi connectivity index (χ0) is 18.4. The maximum atomic E-state index is 12.3. The third-order valence-electron chi connectivity index (χ3n) is 3.78. The molecule has 0 atom stereocenters. The highest BCUT2D eigenvalue weighted by Crippen LogP contribution is 2.18. The van der Waals surface area contributed by atoms with E-state index in [9.17, 15) is 9.59 Å². The Morgan fingerprint density at radius 2 is 1.62 bits per heavy atom. The molecular formula is C20H18N4O2. The molecule has 1 heterocycles. The summed E-state index contributed by atoms with van der Waals surface area (Å²) in [5.74, 6) is -0.487. The van der Waals surface area contributed by atoms with Gasteiger partial charge in [0.1, 0.15) is 5.69 Å². The zero-order valence-electron chi connectivity index (χ0n) is 14.0. The average molecular weight is 346 g/mol. The summed E-state index contributed by atoms with van der Waals surface area (Å²) in [6, 6.07) is 19.2. The van der Waals surface area contributed by atoms with Crippen LogP contribution in [0.2, 0.25) is 0 Å². The molecule has 0 spiro atoms. The molecular weight excluding hydrogens is 328 g/mol. The number of nitrogen functional groups attached to an aromatic ring is 1. The van der Waals surface area contributed by atoms with Crippen LogP contribution in [-0.4, -0.2) is 16.8 Å². The summed E-state index contributed by atoms with van der Waals surface area (Å²) in [6.07, 6.45) is 1.57. The molecule has 0 aliphatic carbocycles. The van der Waals surface area contributed by atoms with Gasteiger partial charge in [-0.05, 0) is 42.0 Å². The molecule has 1 aromatic heterocycles. The van der Waals surface area contributed by atoms with Crippen molar-refractivity contribution in [3.63, 3.8) is 0 Å². The number of carbonyl (C=O) groups is 2. The lowest BCUT2D eigenvalue weighted by molar-refractivity contribution is 0.0945. The van der Waals surface area contributed by atoms with Crippen molar-refractivity contribution in [2.24, 2.45) is 0 Å². The summed E-state index contributed by atoms with van der Waals surface area (Å²) in [5, 5.41) is 5.57. The van der Waals surface area contributed by atoms with Crippen molar-refractivity contribution in [3.8, 4) is 0 Å². The van der Waals surface area contributed by atoms with Crippen molar-refractivity contribution < 1.29 is 9.59 Å². The van der Waals surface area contributed by atoms with Crippen molar-refractivity contribution >= 4 is 23.2 Å². The number of benzene rings is 2. The van der Waals surface area contributed by atoms with Crippen LogP contribution in [0.15, 0.2) is 72.9 Å². The molecule has 0 fully saturated rings. The number of rotatable bonds is 5. The molecule has 0 aliphatic rings. The molecule has 2 aromatic carbocycles. The molecule has 0 unspecified atom stereocenters. The maximum absolute atomic E-state index is 12.3. The second kappa shape index (κ2) is 7.94. The van der Waals surface area contributed by atoms with Crippen molar-refractivity contribution in [1.82, 2.24) is 10.3 Å². The number of hydrogen-bond donors (Lipinski definition) is 3. The van der Waals surface area contributed by atoms with E-state index in [1.54, 1.807) is 72.9 Å². The molecule has 0 saturated carbocycles. The lowest BCUT2D eigenvalue weighted by Gasteiger charge is -2.09. The van der Waals surface area contributed by atoms with Crippen LogP contribution < -0.4 is 16.4 Å². The van der Waals surface area contributed by atoms with Gasteiger partial charge in [0.25, 0.3) is 11.8 Å². The van der Waals surface area contributed by atoms with Crippen LogP contribution in [0.4, 0.5) is 11.4 Å². The Morgan fingerprint density at radius 1 is 0.885 bits per heavy atom. The van der Waals surface area contributed by atoms with Crippen LogP contribution in [0.3, 0.4) is 0 Å². The predicted molar refractivity (Wildman–Crippen MR) is 101 cm³/mol. The molecule has 6 heteroatoms. The summed E-state index contributed by atoms with van der Waals surface area (Å²) in [6.45, 7) is 0.350. The first-order valence-electron chi connectivity index (χ1n) is 8.07. The molecule has 0 bridgehead atoms. The molecule has 6 nitrogen and oxygen atoms in total. The Bertz CT molecular complexity index is 909. The molecule has 4 N–H and O–H groups in total. The first kappa shape index (κ1) is 17.2. The fraction of sp³-hybridized carbons (Fsp3) is 0.0500. The number of aromatic nitrogens is 1. The molecule has 26 heavy (non-hydrogen) atoms. The number of para-hydroxylation sites is 2. The summed E-state index contributed by atoms with van der Waals surface area (Å²) in [4.78, 5) is 28.3. The monoisotopic (exact) mass is 346 g/mol. The fourth-order valence-corrected chi connectivity index (χ4v) is 2.35. The number of hydrogen-bond acceptors (Lipinski definition) is 4. The van der Waals surface area contributed by atoms with E-state index in [4.69, 9.17) is 5.73 Å². The zero-order valence-corrected chi connectivity index (χ0v) is 14.0. The molecule has 0 aliphatic heterocycles. The van der Waals surface area contributed by atoms with Crippen LogP contribution in [-0.2, 0) is 6.54 Å². The van der Waals surface area contributed by atoms with Crippen molar-refractivity contribution in [2.45, 2.75) is 6.54 Å². The van der Waals surface area contributed by atoms with E-state index in [-0.39, 0.29) is 11.8 Å². The Balaban J connectivity index is 1.59. The molecule has 130 valence electrons. The van der Waals surface area contributed by atoms with E-state index in [2.05, 4.69) is 15.6 Å². The van der Waals surface area contributed by atoms with Gasteiger partial charge in [-0.25, -0.2) is 0 Å². The number of nitrogens with zero attached hydrogens (tertiary/aromatic N) is 1. The van der Waals surface area contributed by atoms with Gasteiger partial charge in [-0.1, -0.05) is 30.3 Å². The molecule has 0 radical (unpaired) electrons. The van der Waals surface area contributed by atoms with Crippen LogP contribution in [0.1, 0.15) is 26.4 Å². The second-order valence-electron chi connectivity index (χ2n) is 5.64. The van der Waals surface area contributed by atoms with Crippen LogP contribution in [0, 0.1) is 0 Å². The Kier molecular flexibility index (Phi) is 5.24. The first-order chi connectivity index (χ1) is 12.6. The van der Waals surface area contributed by atoms with Gasteiger partial charge in [0, 0.05) is 18.3 Å². The molecule has 3 rings (SSSR count). The maximum Gasteiger partial charge on any atom is 0.270 e. The number of nitrogens with one attached hydrogen (secondary N) is 2. The summed E-state index contributed by atoms with van der Waals surface area (Å²) < 4.78 is 0. The van der Waals surface area contributed by atoms with Gasteiger partial charge in [-0.3, -0.25) is 14.6 Å². The van der Waals surface area contributed by atoms with E-state index >= 15 is 0 Å². The Hall–Kier alpha value is -3.67. The molecule has 3 aromatic rings. The van der Waals surface area contributed by atoms with Gasteiger partial charge in [0.05, 0.1) is 11.4 Å². The number of nitrogens with two attached hydrogens (primary N) is 1. The van der Waals surface area contributed by atoms with Gasteiger partial charge in [0.15, 0.2) is 0 Å². The smallest absolute Gasteiger partial charge is 0.270 e. The van der Waals surface area contributed by atoms with Gasteiger partial charge in [-0.15, -0.1) is 0 Å². The van der Waals surface area contributed by atoms with Gasteiger partial charge in [-0.2, -0.15) is 0 Å². The minimum absolute atomic E-state index is 0.244. The lowest BCUT2D eigenvalue weighted by atomic mass is 10.1. The van der Waals surface area contributed by atoms with E-state index in [0.29, 0.717) is 29.2 Å². The van der Waals surface area contributed by atoms with E-state index in [1.807, 2.05) is 0 Å². The van der Waals surface area contributed by atoms with E-state index in [1.165, 1.54) is 0 Å². The topological polar surface area (TPSA) is 97.1 Å². The summed E-state index contributed by atoms with van der Waals surface area (Å²) >= 11 is 0. The minimum Gasteiger partial charge on any atom is -0.397 e. The van der Waals surface area contributed by atoms with Crippen LogP contribution >= 0.6 is 0 Å². The Morgan fingerprint density at radius 3 is 2.31 bits per heavy atom. The van der Waals surface area contributed by atoms with Crippen LogP contribution in [0.5, 0.6) is 0 Å². The first-order valence-corrected chi connectivity index (χ1v) is 8.07. The van der Waals surface area contributed by atoms with Gasteiger partial charge >= 0.3 is 0 Å². The highest BCUT2D eigenvalue weighted by Gasteiger charge is 2.09. The summed E-state index contributed by atoms with van der Waals surface area (Å²) in [5.41, 5.74) is 8.66. The molecule has 2 amide bonds. The van der Waals surface area contributed by atoms with Crippen molar-refractivity contribution in [1.29, 1.82) is 0 Å². The standard InChI is InChI=1S/C20H18N4O2/c21-16-5-1-2-6-17(16)24-19(25)15-10-8-14(9-11-15)13-23-20(26)18-7-3-4-12-22-18/h1-12H,13,21H2,(H,23,26)(H,24,25). The van der Waals surface area contributed by atoms with E-state index < -0.39 is 0 Å². The summed E-state index contributed by atoms with van der Waals surface area (Å²) in [7, 11) is 0. The Labute approximate surface area is 151 Å². The number of pyridine rings is 1. The third-order valence-corrected chi connectivity index (χ3v) is 3.78. The number of anilines is 2. The van der Waals surface area contributed by atoms with Crippen LogP contribution in [0.25, 0.3) is 0 Å².